The van der Waals surface area contributed by atoms with Crippen molar-refractivity contribution in [3.63, 3.8) is 0 Å². The lowest BCUT2D eigenvalue weighted by Crippen LogP contribution is -2.49. The smallest absolute Gasteiger partial charge is 0.132 e. The highest BCUT2D eigenvalue weighted by atomic mass is 16.3. The molecule has 0 spiro atoms. The first kappa shape index (κ1) is 12.6. The van der Waals surface area contributed by atoms with Crippen molar-refractivity contribution in [2.75, 3.05) is 37.5 Å². The lowest BCUT2D eigenvalue weighted by Gasteiger charge is -2.29. The highest BCUT2D eigenvalue weighted by Gasteiger charge is 2.28. The number of nitrogens with one attached hydrogen (secondary N) is 2. The highest BCUT2D eigenvalue weighted by molar-refractivity contribution is 5.47. The SMILES string of the molecule is CNc1cc(NC(CO)(CO)CO)ncn1. The van der Waals surface area contributed by atoms with Crippen molar-refractivity contribution in [1.29, 1.82) is 0 Å². The predicted octanol–water partition coefficient (Wildman–Crippen LogP) is -1.35. The monoisotopic (exact) mass is 228 g/mol. The number of hydrogen-bond acceptors (Lipinski definition) is 7. The molecule has 0 saturated carbocycles. The molecular formula is C9H16N4O3. The number of rotatable bonds is 6. The summed E-state index contributed by atoms with van der Waals surface area (Å²) >= 11 is 0. The van der Waals surface area contributed by atoms with Crippen LogP contribution in [0.3, 0.4) is 0 Å². The molecule has 0 aliphatic heterocycles. The van der Waals surface area contributed by atoms with Crippen LogP contribution in [0.15, 0.2) is 12.4 Å². The standard InChI is InChI=1S/C9H16N4O3/c1-10-7-2-8(12-6-11-7)13-9(3-14,4-15)5-16/h2,6,14-16H,3-5H2,1H3,(H2,10,11,12,13). The average Bonchev–Trinajstić information content (AvgIpc) is 2.36. The van der Waals surface area contributed by atoms with E-state index in [4.69, 9.17) is 15.3 Å². The lowest BCUT2D eigenvalue weighted by atomic mass is 10.0. The second-order valence-electron chi connectivity index (χ2n) is 3.42. The minimum Gasteiger partial charge on any atom is -0.394 e. The first-order valence-electron chi connectivity index (χ1n) is 4.80. The third-order valence-electron chi connectivity index (χ3n) is 2.22. The largest absolute Gasteiger partial charge is 0.394 e. The Morgan fingerprint density at radius 1 is 1.12 bits per heavy atom. The molecule has 0 radical (unpaired) electrons. The highest BCUT2D eigenvalue weighted by Crippen LogP contribution is 2.14. The van der Waals surface area contributed by atoms with E-state index in [0.29, 0.717) is 11.6 Å². The molecule has 1 aromatic rings. The molecule has 0 atom stereocenters. The fourth-order valence-corrected chi connectivity index (χ4v) is 1.10. The molecule has 0 amide bonds. The third-order valence-corrected chi connectivity index (χ3v) is 2.22. The number of anilines is 2. The van der Waals surface area contributed by atoms with Crippen LogP contribution >= 0.6 is 0 Å². The fourth-order valence-electron chi connectivity index (χ4n) is 1.10. The molecule has 1 rings (SSSR count). The topological polar surface area (TPSA) is 111 Å². The summed E-state index contributed by atoms with van der Waals surface area (Å²) in [4.78, 5) is 7.84. The van der Waals surface area contributed by atoms with E-state index in [2.05, 4.69) is 20.6 Å². The summed E-state index contributed by atoms with van der Waals surface area (Å²) in [7, 11) is 1.71. The van der Waals surface area contributed by atoms with Gasteiger partial charge in [0.25, 0.3) is 0 Å². The minimum absolute atomic E-state index is 0.404. The van der Waals surface area contributed by atoms with Crippen LogP contribution < -0.4 is 10.6 Å². The van der Waals surface area contributed by atoms with Gasteiger partial charge in [0.15, 0.2) is 0 Å². The molecule has 0 aliphatic rings. The van der Waals surface area contributed by atoms with Crippen molar-refractivity contribution in [1.82, 2.24) is 9.97 Å². The van der Waals surface area contributed by atoms with Gasteiger partial charge >= 0.3 is 0 Å². The van der Waals surface area contributed by atoms with Gasteiger partial charge in [-0.25, -0.2) is 9.97 Å². The van der Waals surface area contributed by atoms with Gasteiger partial charge in [-0.05, 0) is 0 Å². The van der Waals surface area contributed by atoms with Crippen LogP contribution in [0.25, 0.3) is 0 Å². The quantitative estimate of drug-likeness (QED) is 0.409. The molecule has 7 nitrogen and oxygen atoms in total. The summed E-state index contributed by atoms with van der Waals surface area (Å²) in [6.45, 7) is -1.21. The van der Waals surface area contributed by atoms with Gasteiger partial charge in [-0.2, -0.15) is 0 Å². The van der Waals surface area contributed by atoms with E-state index in [1.54, 1.807) is 13.1 Å². The predicted molar refractivity (Wildman–Crippen MR) is 59.2 cm³/mol. The Balaban J connectivity index is 2.84. The molecule has 16 heavy (non-hydrogen) atoms. The summed E-state index contributed by atoms with van der Waals surface area (Å²) in [6.07, 6.45) is 1.34. The molecule has 0 bridgehead atoms. The zero-order chi connectivity index (χ0) is 12.0. The van der Waals surface area contributed by atoms with Gasteiger partial charge in [0, 0.05) is 13.1 Å². The van der Waals surface area contributed by atoms with Gasteiger partial charge in [0.05, 0.1) is 19.8 Å². The molecule has 7 heteroatoms. The van der Waals surface area contributed by atoms with Crippen LogP contribution in [0.4, 0.5) is 11.6 Å². The number of aliphatic hydroxyl groups is 3. The average molecular weight is 228 g/mol. The van der Waals surface area contributed by atoms with Crippen molar-refractivity contribution in [2.45, 2.75) is 5.54 Å². The first-order chi connectivity index (χ1) is 7.69. The van der Waals surface area contributed by atoms with Crippen molar-refractivity contribution >= 4 is 11.6 Å². The van der Waals surface area contributed by atoms with Gasteiger partial charge in [0.1, 0.15) is 23.5 Å². The van der Waals surface area contributed by atoms with Gasteiger partial charge in [0.2, 0.25) is 0 Å². The number of aliphatic hydroxyl groups excluding tert-OH is 3. The maximum atomic E-state index is 9.12. The van der Waals surface area contributed by atoms with Gasteiger partial charge in [-0.1, -0.05) is 0 Å². The molecule has 1 aromatic heterocycles. The van der Waals surface area contributed by atoms with Gasteiger partial charge in [-0.3, -0.25) is 0 Å². The zero-order valence-corrected chi connectivity index (χ0v) is 9.01. The molecule has 90 valence electrons. The van der Waals surface area contributed by atoms with Gasteiger partial charge < -0.3 is 26.0 Å². The lowest BCUT2D eigenvalue weighted by molar-refractivity contribution is 0.0831. The maximum Gasteiger partial charge on any atom is 0.132 e. The maximum absolute atomic E-state index is 9.12. The van der Waals surface area contributed by atoms with Crippen LogP contribution in [-0.4, -0.2) is 57.7 Å². The Morgan fingerprint density at radius 2 is 1.69 bits per heavy atom. The van der Waals surface area contributed by atoms with Crippen molar-refractivity contribution in [2.24, 2.45) is 0 Å². The molecule has 0 aliphatic carbocycles. The number of hydrogen-bond donors (Lipinski definition) is 5. The Morgan fingerprint density at radius 3 is 2.19 bits per heavy atom. The molecule has 0 aromatic carbocycles. The van der Waals surface area contributed by atoms with Crippen molar-refractivity contribution < 1.29 is 15.3 Å². The zero-order valence-electron chi connectivity index (χ0n) is 9.01. The fraction of sp³-hybridized carbons (Fsp3) is 0.556. The van der Waals surface area contributed by atoms with E-state index in [1.165, 1.54) is 6.33 Å². The summed E-state index contributed by atoms with van der Waals surface area (Å²) in [6, 6.07) is 1.61. The van der Waals surface area contributed by atoms with Crippen LogP contribution in [0.2, 0.25) is 0 Å². The summed E-state index contributed by atoms with van der Waals surface area (Å²) in [5, 5.41) is 33.0. The molecule has 0 saturated heterocycles. The Kier molecular flexibility index (Phi) is 4.41. The van der Waals surface area contributed by atoms with Crippen LogP contribution in [-0.2, 0) is 0 Å². The minimum atomic E-state index is -1.18. The second-order valence-corrected chi connectivity index (χ2v) is 3.42. The number of nitrogens with zero attached hydrogens (tertiary/aromatic N) is 2. The number of aromatic nitrogens is 2. The Bertz CT molecular complexity index is 322. The van der Waals surface area contributed by atoms with Gasteiger partial charge in [-0.15, -0.1) is 0 Å². The normalized spacial score (nSPS) is 11.2. The van der Waals surface area contributed by atoms with Crippen LogP contribution in [0, 0.1) is 0 Å². The molecule has 5 N–H and O–H groups in total. The van der Waals surface area contributed by atoms with E-state index in [9.17, 15) is 0 Å². The van der Waals surface area contributed by atoms with E-state index in [1.807, 2.05) is 0 Å². The van der Waals surface area contributed by atoms with E-state index < -0.39 is 25.4 Å². The van der Waals surface area contributed by atoms with Crippen molar-refractivity contribution in [3.8, 4) is 0 Å². The summed E-state index contributed by atoms with van der Waals surface area (Å²) in [5.41, 5.74) is -1.18. The van der Waals surface area contributed by atoms with Crippen LogP contribution in [0.1, 0.15) is 0 Å². The first-order valence-corrected chi connectivity index (χ1v) is 4.80. The van der Waals surface area contributed by atoms with Crippen LogP contribution in [0.5, 0.6) is 0 Å². The second kappa shape index (κ2) is 5.59. The summed E-state index contributed by atoms with van der Waals surface area (Å²) in [5.74, 6) is 1.01. The van der Waals surface area contributed by atoms with Crippen molar-refractivity contribution in [3.05, 3.63) is 12.4 Å². The summed E-state index contributed by atoms with van der Waals surface area (Å²) < 4.78 is 0. The third kappa shape index (κ3) is 2.78. The molecule has 0 fully saturated rings. The molecule has 0 unspecified atom stereocenters. The Labute approximate surface area is 93.2 Å². The molecular weight excluding hydrogens is 212 g/mol. The van der Waals surface area contributed by atoms with E-state index >= 15 is 0 Å². The van der Waals surface area contributed by atoms with E-state index in [0.717, 1.165) is 0 Å². The van der Waals surface area contributed by atoms with E-state index in [-0.39, 0.29) is 0 Å². The molecule has 1 heterocycles. The Hall–Kier alpha value is -1.44.